The molecule has 1 unspecified atom stereocenters. The van der Waals surface area contributed by atoms with Gasteiger partial charge >= 0.3 is 0 Å². The summed E-state index contributed by atoms with van der Waals surface area (Å²) in [5, 5.41) is 9.33. The highest BCUT2D eigenvalue weighted by molar-refractivity contribution is 5.44. The van der Waals surface area contributed by atoms with Gasteiger partial charge in [0.1, 0.15) is 13.2 Å². The highest BCUT2D eigenvalue weighted by atomic mass is 16.6. The Kier molecular flexibility index (Phi) is 2.10. The number of ether oxygens (including phenoxy) is 2. The molecule has 0 radical (unpaired) electrons. The van der Waals surface area contributed by atoms with E-state index in [1.807, 2.05) is 18.2 Å². The smallest absolute Gasteiger partial charge is 0.161 e. The van der Waals surface area contributed by atoms with Crippen LogP contribution in [0.5, 0.6) is 11.5 Å². The molecule has 0 fully saturated rings. The lowest BCUT2D eigenvalue weighted by Gasteiger charge is -2.19. The average molecular weight is 180 g/mol. The van der Waals surface area contributed by atoms with Crippen LogP contribution in [0.3, 0.4) is 0 Å². The molecule has 1 atom stereocenters. The van der Waals surface area contributed by atoms with E-state index in [2.05, 4.69) is 0 Å². The lowest BCUT2D eigenvalue weighted by atomic mass is 10.1. The second-order valence-electron chi connectivity index (χ2n) is 3.08. The lowest BCUT2D eigenvalue weighted by molar-refractivity contribution is 0.168. The Morgan fingerprint density at radius 1 is 1.23 bits per heavy atom. The number of hydrogen-bond donors (Lipinski definition) is 1. The van der Waals surface area contributed by atoms with Crippen molar-refractivity contribution < 1.29 is 14.6 Å². The minimum absolute atomic E-state index is 0.462. The fourth-order valence-corrected chi connectivity index (χ4v) is 1.32. The van der Waals surface area contributed by atoms with Gasteiger partial charge in [0.15, 0.2) is 11.5 Å². The van der Waals surface area contributed by atoms with Crippen molar-refractivity contribution in [3.05, 3.63) is 23.8 Å². The van der Waals surface area contributed by atoms with Gasteiger partial charge in [0.05, 0.1) is 6.10 Å². The van der Waals surface area contributed by atoms with E-state index in [4.69, 9.17) is 9.47 Å². The van der Waals surface area contributed by atoms with Crippen LogP contribution in [0.4, 0.5) is 0 Å². The van der Waals surface area contributed by atoms with Crippen LogP contribution in [0.25, 0.3) is 0 Å². The Bertz CT molecular complexity index is 307. The molecule has 3 nitrogen and oxygen atoms in total. The number of aliphatic hydroxyl groups excluding tert-OH is 1. The van der Waals surface area contributed by atoms with Crippen molar-refractivity contribution >= 4 is 0 Å². The van der Waals surface area contributed by atoms with Crippen LogP contribution < -0.4 is 9.47 Å². The zero-order valence-electron chi connectivity index (χ0n) is 7.49. The molecule has 1 aliphatic heterocycles. The Balaban J connectivity index is 2.35. The summed E-state index contributed by atoms with van der Waals surface area (Å²) in [5.41, 5.74) is 0.851. The molecule has 1 aliphatic rings. The van der Waals surface area contributed by atoms with Crippen molar-refractivity contribution in [2.75, 3.05) is 13.2 Å². The first kappa shape index (κ1) is 8.38. The summed E-state index contributed by atoms with van der Waals surface area (Å²) in [6, 6.07) is 5.49. The van der Waals surface area contributed by atoms with E-state index in [-0.39, 0.29) is 0 Å². The highest BCUT2D eigenvalue weighted by Crippen LogP contribution is 2.32. The number of rotatable bonds is 1. The van der Waals surface area contributed by atoms with Gasteiger partial charge in [-0.15, -0.1) is 0 Å². The minimum atomic E-state index is -0.462. The maximum absolute atomic E-state index is 9.33. The molecule has 2 rings (SSSR count). The van der Waals surface area contributed by atoms with Crippen LogP contribution in [-0.4, -0.2) is 18.3 Å². The van der Waals surface area contributed by atoms with Crippen molar-refractivity contribution in [3.63, 3.8) is 0 Å². The zero-order chi connectivity index (χ0) is 9.26. The van der Waals surface area contributed by atoms with Gasteiger partial charge < -0.3 is 14.6 Å². The standard InChI is InChI=1S/C10H12O3/c1-7(11)8-2-3-9-10(6-8)13-5-4-12-9/h2-3,6-7,11H,4-5H2,1H3. The van der Waals surface area contributed by atoms with Crippen LogP contribution in [0.15, 0.2) is 18.2 Å². The van der Waals surface area contributed by atoms with Crippen LogP contribution >= 0.6 is 0 Å². The first-order valence-electron chi connectivity index (χ1n) is 4.35. The van der Waals surface area contributed by atoms with E-state index in [9.17, 15) is 5.11 Å². The third-order valence-electron chi connectivity index (χ3n) is 2.05. The summed E-state index contributed by atoms with van der Waals surface area (Å²) in [4.78, 5) is 0. The predicted octanol–water partition coefficient (Wildman–Crippen LogP) is 1.51. The van der Waals surface area contributed by atoms with E-state index >= 15 is 0 Å². The SMILES string of the molecule is CC(O)c1ccc2c(c1)OCCO2. The first-order valence-corrected chi connectivity index (χ1v) is 4.35. The normalized spacial score (nSPS) is 16.8. The Morgan fingerprint density at radius 2 is 1.92 bits per heavy atom. The number of benzene rings is 1. The maximum atomic E-state index is 9.33. The molecule has 1 aromatic rings. The Morgan fingerprint density at radius 3 is 2.62 bits per heavy atom. The van der Waals surface area contributed by atoms with Gasteiger partial charge in [0, 0.05) is 0 Å². The average Bonchev–Trinajstić information content (AvgIpc) is 2.17. The molecule has 1 heterocycles. The van der Waals surface area contributed by atoms with Crippen molar-refractivity contribution in [1.82, 2.24) is 0 Å². The predicted molar refractivity (Wildman–Crippen MR) is 48.1 cm³/mol. The highest BCUT2D eigenvalue weighted by Gasteiger charge is 2.12. The van der Waals surface area contributed by atoms with Gasteiger partial charge in [-0.2, -0.15) is 0 Å². The molecular weight excluding hydrogens is 168 g/mol. The number of fused-ring (bicyclic) bond motifs is 1. The summed E-state index contributed by atoms with van der Waals surface area (Å²) < 4.78 is 10.7. The molecule has 3 heteroatoms. The largest absolute Gasteiger partial charge is 0.486 e. The third kappa shape index (κ3) is 1.60. The maximum Gasteiger partial charge on any atom is 0.161 e. The van der Waals surface area contributed by atoms with Crippen LogP contribution in [0, 0.1) is 0 Å². The molecule has 1 N–H and O–H groups in total. The first-order chi connectivity index (χ1) is 6.27. The van der Waals surface area contributed by atoms with Crippen molar-refractivity contribution in [2.45, 2.75) is 13.0 Å². The quantitative estimate of drug-likeness (QED) is 0.712. The zero-order valence-corrected chi connectivity index (χ0v) is 7.49. The van der Waals surface area contributed by atoms with Crippen molar-refractivity contribution in [2.24, 2.45) is 0 Å². The van der Waals surface area contributed by atoms with Gasteiger partial charge in [-0.1, -0.05) is 6.07 Å². The van der Waals surface area contributed by atoms with Gasteiger partial charge in [0.25, 0.3) is 0 Å². The Hall–Kier alpha value is -1.22. The fourth-order valence-electron chi connectivity index (χ4n) is 1.32. The van der Waals surface area contributed by atoms with E-state index < -0.39 is 6.10 Å². The molecule has 0 saturated heterocycles. The van der Waals surface area contributed by atoms with Crippen LogP contribution in [-0.2, 0) is 0 Å². The van der Waals surface area contributed by atoms with Crippen molar-refractivity contribution in [1.29, 1.82) is 0 Å². The summed E-state index contributed by atoms with van der Waals surface area (Å²) in [5.74, 6) is 1.49. The van der Waals surface area contributed by atoms with E-state index in [0.717, 1.165) is 17.1 Å². The van der Waals surface area contributed by atoms with Gasteiger partial charge in [0.2, 0.25) is 0 Å². The molecule has 0 aromatic heterocycles. The van der Waals surface area contributed by atoms with E-state index in [0.29, 0.717) is 13.2 Å². The topological polar surface area (TPSA) is 38.7 Å². The monoisotopic (exact) mass is 180 g/mol. The molecule has 0 aliphatic carbocycles. The second kappa shape index (κ2) is 3.26. The van der Waals surface area contributed by atoms with Gasteiger partial charge in [-0.05, 0) is 24.6 Å². The van der Waals surface area contributed by atoms with Crippen LogP contribution in [0.1, 0.15) is 18.6 Å². The van der Waals surface area contributed by atoms with Crippen LogP contribution in [0.2, 0.25) is 0 Å². The molecule has 0 spiro atoms. The fraction of sp³-hybridized carbons (Fsp3) is 0.400. The van der Waals surface area contributed by atoms with Crippen molar-refractivity contribution in [3.8, 4) is 11.5 Å². The summed E-state index contributed by atoms with van der Waals surface area (Å²) in [7, 11) is 0. The molecule has 0 amide bonds. The van der Waals surface area contributed by atoms with E-state index in [1.165, 1.54) is 0 Å². The number of aliphatic hydroxyl groups is 1. The molecular formula is C10H12O3. The molecule has 13 heavy (non-hydrogen) atoms. The molecule has 0 bridgehead atoms. The van der Waals surface area contributed by atoms with E-state index in [1.54, 1.807) is 6.92 Å². The Labute approximate surface area is 76.9 Å². The second-order valence-corrected chi connectivity index (χ2v) is 3.08. The molecule has 1 aromatic carbocycles. The summed E-state index contributed by atoms with van der Waals surface area (Å²) >= 11 is 0. The van der Waals surface area contributed by atoms with Gasteiger partial charge in [-0.3, -0.25) is 0 Å². The minimum Gasteiger partial charge on any atom is -0.486 e. The molecule has 70 valence electrons. The van der Waals surface area contributed by atoms with Gasteiger partial charge in [-0.25, -0.2) is 0 Å². The molecule has 0 saturated carbocycles. The number of hydrogen-bond acceptors (Lipinski definition) is 3. The lowest BCUT2D eigenvalue weighted by Crippen LogP contribution is -2.15. The summed E-state index contributed by atoms with van der Waals surface area (Å²) in [6.07, 6.45) is -0.462. The summed E-state index contributed by atoms with van der Waals surface area (Å²) in [6.45, 7) is 2.91. The third-order valence-corrected chi connectivity index (χ3v) is 2.05.